The zero-order chi connectivity index (χ0) is 20.8. The summed E-state index contributed by atoms with van der Waals surface area (Å²) in [5.74, 6) is -0.191. The first-order valence-electron chi connectivity index (χ1n) is 9.13. The first kappa shape index (κ1) is 20.6. The molecule has 29 heavy (non-hydrogen) atoms. The standard InChI is InChI=1S/C22H21ClN2O4/c1-14-18(15(2)29-25-14)13-28-21(26)12-20(16-8-4-3-5-9-16)24-22(27)17-10-6-7-11-19(17)23/h3-11,20H,12-13H2,1-2H3,(H,24,27)/t20-/m0/s1. The molecule has 1 heterocycles. The van der Waals surface area contributed by atoms with E-state index in [0.29, 0.717) is 22.0 Å². The third-order valence-corrected chi connectivity index (χ3v) is 4.88. The largest absolute Gasteiger partial charge is 0.461 e. The minimum atomic E-state index is -0.558. The summed E-state index contributed by atoms with van der Waals surface area (Å²) in [5, 5.41) is 7.08. The Balaban J connectivity index is 1.71. The fourth-order valence-corrected chi connectivity index (χ4v) is 3.13. The molecule has 1 aromatic heterocycles. The highest BCUT2D eigenvalue weighted by atomic mass is 35.5. The molecule has 0 radical (unpaired) electrons. The molecule has 0 aliphatic heterocycles. The van der Waals surface area contributed by atoms with Crippen LogP contribution in [0.5, 0.6) is 0 Å². The summed E-state index contributed by atoms with van der Waals surface area (Å²) >= 11 is 6.12. The number of benzene rings is 2. The van der Waals surface area contributed by atoms with E-state index in [4.69, 9.17) is 20.9 Å². The summed E-state index contributed by atoms with van der Waals surface area (Å²) in [6.45, 7) is 3.62. The lowest BCUT2D eigenvalue weighted by Crippen LogP contribution is -2.30. The summed E-state index contributed by atoms with van der Waals surface area (Å²) in [7, 11) is 0. The van der Waals surface area contributed by atoms with Crippen molar-refractivity contribution in [3.63, 3.8) is 0 Å². The number of nitrogens with one attached hydrogen (secondary N) is 1. The SMILES string of the molecule is Cc1noc(C)c1COC(=O)C[C@H](NC(=O)c1ccccc1Cl)c1ccccc1. The number of hydrogen-bond acceptors (Lipinski definition) is 5. The Morgan fingerprint density at radius 3 is 2.45 bits per heavy atom. The smallest absolute Gasteiger partial charge is 0.308 e. The Morgan fingerprint density at radius 1 is 1.10 bits per heavy atom. The Labute approximate surface area is 173 Å². The van der Waals surface area contributed by atoms with E-state index in [-0.39, 0.29) is 18.9 Å². The maximum atomic E-state index is 12.7. The van der Waals surface area contributed by atoms with Gasteiger partial charge in [0.2, 0.25) is 0 Å². The lowest BCUT2D eigenvalue weighted by atomic mass is 10.0. The summed E-state index contributed by atoms with van der Waals surface area (Å²) in [6, 6.07) is 15.5. The van der Waals surface area contributed by atoms with Crippen LogP contribution in [0.1, 0.15) is 45.4 Å². The van der Waals surface area contributed by atoms with Crippen LogP contribution in [-0.4, -0.2) is 17.0 Å². The number of halogens is 1. The molecule has 6 nitrogen and oxygen atoms in total. The van der Waals surface area contributed by atoms with Crippen molar-refractivity contribution in [2.24, 2.45) is 0 Å². The molecule has 0 spiro atoms. The fraction of sp³-hybridized carbons (Fsp3) is 0.227. The highest BCUT2D eigenvalue weighted by Crippen LogP contribution is 2.21. The van der Waals surface area contributed by atoms with Crippen LogP contribution in [0, 0.1) is 13.8 Å². The van der Waals surface area contributed by atoms with E-state index in [1.54, 1.807) is 38.1 Å². The molecule has 3 aromatic rings. The summed E-state index contributed by atoms with van der Waals surface area (Å²) < 4.78 is 10.5. The van der Waals surface area contributed by atoms with Crippen molar-refractivity contribution in [3.05, 3.63) is 87.8 Å². The maximum absolute atomic E-state index is 12.7. The van der Waals surface area contributed by atoms with Gasteiger partial charge in [0.25, 0.3) is 5.91 Å². The molecule has 0 aliphatic rings. The van der Waals surface area contributed by atoms with Crippen molar-refractivity contribution in [2.45, 2.75) is 32.9 Å². The number of rotatable bonds is 7. The van der Waals surface area contributed by atoms with Crippen molar-refractivity contribution >= 4 is 23.5 Å². The van der Waals surface area contributed by atoms with Gasteiger partial charge in [0.1, 0.15) is 12.4 Å². The van der Waals surface area contributed by atoms with Crippen LogP contribution in [0.25, 0.3) is 0 Å². The number of ether oxygens (including phenoxy) is 1. The predicted molar refractivity (Wildman–Crippen MR) is 108 cm³/mol. The topological polar surface area (TPSA) is 81.4 Å². The Hall–Kier alpha value is -3.12. The molecule has 7 heteroatoms. The minimum absolute atomic E-state index is 0.0242. The van der Waals surface area contributed by atoms with Gasteiger partial charge in [-0.15, -0.1) is 0 Å². The normalized spacial score (nSPS) is 11.7. The predicted octanol–water partition coefficient (Wildman–Crippen LogP) is 4.55. The number of hydrogen-bond donors (Lipinski definition) is 1. The number of nitrogens with zero attached hydrogens (tertiary/aromatic N) is 1. The van der Waals surface area contributed by atoms with Gasteiger partial charge in [-0.3, -0.25) is 9.59 Å². The molecular weight excluding hydrogens is 392 g/mol. The first-order chi connectivity index (χ1) is 14.0. The van der Waals surface area contributed by atoms with Crippen LogP contribution in [0.2, 0.25) is 5.02 Å². The summed E-state index contributed by atoms with van der Waals surface area (Å²) in [4.78, 5) is 25.2. The zero-order valence-corrected chi connectivity index (χ0v) is 16.9. The van der Waals surface area contributed by atoms with Gasteiger partial charge >= 0.3 is 5.97 Å². The number of amides is 1. The Morgan fingerprint density at radius 2 is 1.79 bits per heavy atom. The molecule has 0 unspecified atom stereocenters. The summed E-state index contributed by atoms with van der Waals surface area (Å²) in [5.41, 5.74) is 2.57. The van der Waals surface area contributed by atoms with E-state index in [9.17, 15) is 9.59 Å². The molecule has 0 aliphatic carbocycles. The van der Waals surface area contributed by atoms with Crippen LogP contribution >= 0.6 is 11.6 Å². The van der Waals surface area contributed by atoms with E-state index < -0.39 is 12.0 Å². The van der Waals surface area contributed by atoms with Crippen LogP contribution < -0.4 is 5.32 Å². The van der Waals surface area contributed by atoms with E-state index in [1.807, 2.05) is 30.3 Å². The second-order valence-corrected chi connectivity index (χ2v) is 6.99. The zero-order valence-electron chi connectivity index (χ0n) is 16.1. The molecule has 2 aromatic carbocycles. The van der Waals surface area contributed by atoms with Gasteiger partial charge in [-0.1, -0.05) is 59.2 Å². The van der Waals surface area contributed by atoms with Gasteiger partial charge in [-0.25, -0.2) is 0 Å². The van der Waals surface area contributed by atoms with Gasteiger partial charge < -0.3 is 14.6 Å². The lowest BCUT2D eigenvalue weighted by Gasteiger charge is -2.19. The monoisotopic (exact) mass is 412 g/mol. The molecule has 0 saturated carbocycles. The van der Waals surface area contributed by atoms with Crippen molar-refractivity contribution in [1.82, 2.24) is 10.5 Å². The number of esters is 1. The van der Waals surface area contributed by atoms with E-state index in [2.05, 4.69) is 10.5 Å². The van der Waals surface area contributed by atoms with E-state index >= 15 is 0 Å². The molecule has 0 saturated heterocycles. The van der Waals surface area contributed by atoms with Crippen LogP contribution in [-0.2, 0) is 16.1 Å². The molecule has 1 amide bonds. The molecule has 0 fully saturated rings. The third-order valence-electron chi connectivity index (χ3n) is 4.56. The van der Waals surface area contributed by atoms with Crippen molar-refractivity contribution in [2.75, 3.05) is 0 Å². The lowest BCUT2D eigenvalue weighted by molar-refractivity contribution is -0.145. The Kier molecular flexibility index (Phi) is 6.67. The highest BCUT2D eigenvalue weighted by molar-refractivity contribution is 6.33. The average Bonchev–Trinajstić information content (AvgIpc) is 3.04. The summed E-state index contributed by atoms with van der Waals surface area (Å²) in [6.07, 6.45) is -0.0242. The van der Waals surface area contributed by atoms with Crippen LogP contribution in [0.4, 0.5) is 0 Å². The van der Waals surface area contributed by atoms with Crippen molar-refractivity contribution in [3.8, 4) is 0 Å². The fourth-order valence-electron chi connectivity index (χ4n) is 2.91. The first-order valence-corrected chi connectivity index (χ1v) is 9.51. The van der Waals surface area contributed by atoms with Gasteiger partial charge in [-0.05, 0) is 31.5 Å². The molecule has 0 bridgehead atoms. The molecule has 150 valence electrons. The van der Waals surface area contributed by atoms with E-state index in [1.165, 1.54) is 0 Å². The quantitative estimate of drug-likeness (QED) is 0.576. The minimum Gasteiger partial charge on any atom is -0.461 e. The van der Waals surface area contributed by atoms with Crippen molar-refractivity contribution in [1.29, 1.82) is 0 Å². The van der Waals surface area contributed by atoms with Gasteiger partial charge in [-0.2, -0.15) is 0 Å². The molecule has 1 atom stereocenters. The third kappa shape index (κ3) is 5.23. The molecular formula is C22H21ClN2O4. The second-order valence-electron chi connectivity index (χ2n) is 6.58. The number of aromatic nitrogens is 1. The van der Waals surface area contributed by atoms with Crippen LogP contribution in [0.15, 0.2) is 59.1 Å². The number of carbonyl (C=O) groups is 2. The van der Waals surface area contributed by atoms with Gasteiger partial charge in [0.15, 0.2) is 0 Å². The van der Waals surface area contributed by atoms with Gasteiger partial charge in [0.05, 0.1) is 34.3 Å². The van der Waals surface area contributed by atoms with Crippen LogP contribution in [0.3, 0.4) is 0 Å². The highest BCUT2D eigenvalue weighted by Gasteiger charge is 2.22. The second kappa shape index (κ2) is 9.39. The van der Waals surface area contributed by atoms with Crippen molar-refractivity contribution < 1.29 is 18.8 Å². The number of aryl methyl sites for hydroxylation is 2. The molecule has 3 rings (SSSR count). The number of carbonyl (C=O) groups excluding carboxylic acids is 2. The molecule has 1 N–H and O–H groups in total. The maximum Gasteiger partial charge on any atom is 0.308 e. The average molecular weight is 413 g/mol. The Bertz CT molecular complexity index is 982. The van der Waals surface area contributed by atoms with E-state index in [0.717, 1.165) is 11.1 Å². The van der Waals surface area contributed by atoms with Gasteiger partial charge in [0, 0.05) is 0 Å².